The van der Waals surface area contributed by atoms with Crippen LogP contribution < -0.4 is 0 Å². The van der Waals surface area contributed by atoms with Crippen LogP contribution in [0.1, 0.15) is 27.2 Å². The molecule has 0 saturated carbocycles. The lowest BCUT2D eigenvalue weighted by atomic mass is 10.2. The highest BCUT2D eigenvalue weighted by Gasteiger charge is 2.11. The standard InChI is InChI=1S/C10H19NO2/c1-6-7-8(2)10(12)13-9(3)11(4)5/h7,9H,6H2,1-5H3/b8-7+. The molecule has 13 heavy (non-hydrogen) atoms. The number of rotatable bonds is 4. The molecule has 0 radical (unpaired) electrons. The van der Waals surface area contributed by atoms with E-state index in [2.05, 4.69) is 0 Å². The van der Waals surface area contributed by atoms with E-state index in [1.807, 2.05) is 38.9 Å². The number of nitrogens with zero attached hydrogens (tertiary/aromatic N) is 1. The highest BCUT2D eigenvalue weighted by molar-refractivity contribution is 5.87. The summed E-state index contributed by atoms with van der Waals surface area (Å²) in [6.45, 7) is 5.61. The summed E-state index contributed by atoms with van der Waals surface area (Å²) in [7, 11) is 3.74. The molecule has 1 atom stereocenters. The minimum atomic E-state index is -0.233. The molecule has 76 valence electrons. The fourth-order valence-corrected chi connectivity index (χ4v) is 0.743. The van der Waals surface area contributed by atoms with Gasteiger partial charge in [-0.2, -0.15) is 0 Å². The molecule has 3 heteroatoms. The van der Waals surface area contributed by atoms with Crippen molar-refractivity contribution >= 4 is 5.97 Å². The van der Waals surface area contributed by atoms with Crippen LogP contribution in [0.5, 0.6) is 0 Å². The number of carbonyl (C=O) groups excluding carboxylic acids is 1. The topological polar surface area (TPSA) is 29.5 Å². The zero-order valence-corrected chi connectivity index (χ0v) is 9.13. The molecule has 0 N–H and O–H groups in total. The molecule has 0 spiro atoms. The van der Waals surface area contributed by atoms with Crippen LogP contribution in [0.25, 0.3) is 0 Å². The SMILES string of the molecule is CC/C=C(\C)C(=O)OC(C)N(C)C. The van der Waals surface area contributed by atoms with Gasteiger partial charge in [-0.15, -0.1) is 0 Å². The Morgan fingerprint density at radius 2 is 2.08 bits per heavy atom. The molecule has 0 heterocycles. The summed E-state index contributed by atoms with van der Waals surface area (Å²) in [4.78, 5) is 13.2. The van der Waals surface area contributed by atoms with Crippen molar-refractivity contribution in [3.8, 4) is 0 Å². The second-order valence-electron chi connectivity index (χ2n) is 3.26. The Kier molecular flexibility index (Phi) is 5.39. The van der Waals surface area contributed by atoms with Gasteiger partial charge in [0.15, 0.2) is 6.23 Å². The van der Waals surface area contributed by atoms with Crippen LogP contribution in [0.4, 0.5) is 0 Å². The molecule has 0 aromatic rings. The molecular weight excluding hydrogens is 166 g/mol. The summed E-state index contributed by atoms with van der Waals surface area (Å²) in [6, 6.07) is 0. The predicted octanol–water partition coefficient (Wildman–Crippen LogP) is 1.79. The maximum atomic E-state index is 11.3. The first-order chi connectivity index (χ1) is 5.99. The summed E-state index contributed by atoms with van der Waals surface area (Å²) < 4.78 is 5.14. The van der Waals surface area contributed by atoms with Gasteiger partial charge in [-0.3, -0.25) is 4.90 Å². The molecule has 0 aliphatic heterocycles. The Morgan fingerprint density at radius 1 is 1.54 bits per heavy atom. The van der Waals surface area contributed by atoms with Crippen molar-refractivity contribution in [1.82, 2.24) is 4.90 Å². The minimum absolute atomic E-state index is 0.173. The van der Waals surface area contributed by atoms with E-state index in [-0.39, 0.29) is 12.2 Å². The van der Waals surface area contributed by atoms with Gasteiger partial charge in [-0.25, -0.2) is 4.79 Å². The van der Waals surface area contributed by atoms with Crippen LogP contribution in [0, 0.1) is 0 Å². The van der Waals surface area contributed by atoms with Crippen LogP contribution in [-0.4, -0.2) is 31.2 Å². The van der Waals surface area contributed by atoms with Gasteiger partial charge in [-0.1, -0.05) is 13.0 Å². The fraction of sp³-hybridized carbons (Fsp3) is 0.700. The Balaban J connectivity index is 4.08. The Bertz CT molecular complexity index is 197. The maximum absolute atomic E-state index is 11.3. The third kappa shape index (κ3) is 4.68. The second-order valence-corrected chi connectivity index (χ2v) is 3.26. The molecule has 0 aromatic carbocycles. The molecule has 0 saturated heterocycles. The highest BCUT2D eigenvalue weighted by atomic mass is 16.6. The van der Waals surface area contributed by atoms with Crippen LogP contribution in [-0.2, 0) is 9.53 Å². The maximum Gasteiger partial charge on any atom is 0.334 e. The van der Waals surface area contributed by atoms with Gasteiger partial charge in [0, 0.05) is 5.57 Å². The largest absolute Gasteiger partial charge is 0.443 e. The molecule has 0 fully saturated rings. The van der Waals surface area contributed by atoms with Crippen LogP contribution in [0.15, 0.2) is 11.6 Å². The zero-order chi connectivity index (χ0) is 10.4. The molecule has 0 rings (SSSR count). The Hall–Kier alpha value is -0.830. The van der Waals surface area contributed by atoms with E-state index in [9.17, 15) is 4.79 Å². The van der Waals surface area contributed by atoms with Gasteiger partial charge in [-0.05, 0) is 34.4 Å². The van der Waals surface area contributed by atoms with Gasteiger partial charge in [0.2, 0.25) is 0 Å². The summed E-state index contributed by atoms with van der Waals surface area (Å²) >= 11 is 0. The van der Waals surface area contributed by atoms with Crippen LogP contribution in [0.3, 0.4) is 0 Å². The fourth-order valence-electron chi connectivity index (χ4n) is 0.743. The third-order valence-electron chi connectivity index (χ3n) is 1.84. The van der Waals surface area contributed by atoms with E-state index >= 15 is 0 Å². The number of hydrogen-bond acceptors (Lipinski definition) is 3. The van der Waals surface area contributed by atoms with E-state index in [0.29, 0.717) is 5.57 Å². The monoisotopic (exact) mass is 185 g/mol. The van der Waals surface area contributed by atoms with Gasteiger partial charge < -0.3 is 4.74 Å². The Labute approximate surface area is 80.4 Å². The van der Waals surface area contributed by atoms with Crippen molar-refractivity contribution < 1.29 is 9.53 Å². The molecule has 0 aliphatic carbocycles. The molecule has 3 nitrogen and oxygen atoms in total. The third-order valence-corrected chi connectivity index (χ3v) is 1.84. The van der Waals surface area contributed by atoms with E-state index in [1.165, 1.54) is 0 Å². The lowest BCUT2D eigenvalue weighted by molar-refractivity contribution is -0.150. The average molecular weight is 185 g/mol. The number of ether oxygens (including phenoxy) is 1. The molecular formula is C10H19NO2. The first-order valence-electron chi connectivity index (χ1n) is 4.53. The van der Waals surface area contributed by atoms with Crippen molar-refractivity contribution in [3.63, 3.8) is 0 Å². The lowest BCUT2D eigenvalue weighted by Crippen LogP contribution is -2.30. The molecule has 0 aliphatic rings. The van der Waals surface area contributed by atoms with Crippen LogP contribution in [0.2, 0.25) is 0 Å². The zero-order valence-electron chi connectivity index (χ0n) is 9.13. The molecule has 1 unspecified atom stereocenters. The first-order valence-corrected chi connectivity index (χ1v) is 4.53. The van der Waals surface area contributed by atoms with Crippen molar-refractivity contribution in [1.29, 1.82) is 0 Å². The smallest absolute Gasteiger partial charge is 0.334 e. The molecule has 0 aromatic heterocycles. The normalized spacial score (nSPS) is 14.5. The predicted molar refractivity (Wildman–Crippen MR) is 53.3 cm³/mol. The highest BCUT2D eigenvalue weighted by Crippen LogP contribution is 2.02. The first kappa shape index (κ1) is 12.2. The second kappa shape index (κ2) is 5.75. The van der Waals surface area contributed by atoms with Crippen molar-refractivity contribution in [2.24, 2.45) is 0 Å². The minimum Gasteiger partial charge on any atom is -0.443 e. The summed E-state index contributed by atoms with van der Waals surface area (Å²) in [5, 5.41) is 0. The van der Waals surface area contributed by atoms with Gasteiger partial charge in [0.25, 0.3) is 0 Å². The quantitative estimate of drug-likeness (QED) is 0.380. The van der Waals surface area contributed by atoms with Gasteiger partial charge >= 0.3 is 5.97 Å². The van der Waals surface area contributed by atoms with Crippen molar-refractivity contribution in [3.05, 3.63) is 11.6 Å². The van der Waals surface area contributed by atoms with Gasteiger partial charge in [0.1, 0.15) is 0 Å². The van der Waals surface area contributed by atoms with Crippen molar-refractivity contribution in [2.45, 2.75) is 33.4 Å². The van der Waals surface area contributed by atoms with E-state index in [0.717, 1.165) is 6.42 Å². The average Bonchev–Trinajstić information content (AvgIpc) is 2.04. The Morgan fingerprint density at radius 3 is 2.46 bits per heavy atom. The molecule has 0 bridgehead atoms. The summed E-state index contributed by atoms with van der Waals surface area (Å²) in [5.74, 6) is -0.233. The van der Waals surface area contributed by atoms with Gasteiger partial charge in [0.05, 0.1) is 0 Å². The molecule has 0 amide bonds. The van der Waals surface area contributed by atoms with E-state index in [1.54, 1.807) is 6.92 Å². The number of allylic oxidation sites excluding steroid dienone is 1. The number of carbonyl (C=O) groups is 1. The van der Waals surface area contributed by atoms with Crippen LogP contribution >= 0.6 is 0 Å². The van der Waals surface area contributed by atoms with E-state index < -0.39 is 0 Å². The summed E-state index contributed by atoms with van der Waals surface area (Å²) in [6.07, 6.45) is 2.55. The lowest BCUT2D eigenvalue weighted by Gasteiger charge is -2.19. The van der Waals surface area contributed by atoms with Crippen molar-refractivity contribution in [2.75, 3.05) is 14.1 Å². The number of esters is 1. The summed E-state index contributed by atoms with van der Waals surface area (Å²) in [5.41, 5.74) is 0.677. The van der Waals surface area contributed by atoms with E-state index in [4.69, 9.17) is 4.74 Å². The number of hydrogen-bond donors (Lipinski definition) is 0.